The molecule has 1 aromatic rings. The van der Waals surface area contributed by atoms with Crippen LogP contribution < -0.4 is 15.8 Å². The van der Waals surface area contributed by atoms with Crippen molar-refractivity contribution in [2.75, 3.05) is 20.2 Å². The lowest BCUT2D eigenvalue weighted by Gasteiger charge is -2.17. The lowest BCUT2D eigenvalue weighted by atomic mass is 10.2. The van der Waals surface area contributed by atoms with Crippen molar-refractivity contribution in [2.45, 2.75) is 25.6 Å². The molecule has 0 saturated heterocycles. The maximum absolute atomic E-state index is 11.7. The molecule has 0 fully saturated rings. The summed E-state index contributed by atoms with van der Waals surface area (Å²) >= 11 is 3.38. The van der Waals surface area contributed by atoms with E-state index < -0.39 is 0 Å². The maximum atomic E-state index is 11.7. The van der Waals surface area contributed by atoms with Crippen molar-refractivity contribution in [3.63, 3.8) is 0 Å². The number of nitrogens with one attached hydrogen (secondary N) is 1. The molecular weight excluding hydrogens is 360 g/mol. The van der Waals surface area contributed by atoms with Gasteiger partial charge < -0.3 is 20.5 Å². The molecule has 21 heavy (non-hydrogen) atoms. The van der Waals surface area contributed by atoms with Crippen molar-refractivity contribution < 1.29 is 14.3 Å². The van der Waals surface area contributed by atoms with Crippen molar-refractivity contribution in [1.29, 1.82) is 0 Å². The summed E-state index contributed by atoms with van der Waals surface area (Å²) in [6.45, 7) is 2.66. The fourth-order valence-electron chi connectivity index (χ4n) is 1.61. The maximum Gasteiger partial charge on any atom is 0.222 e. The number of nitrogens with two attached hydrogens (primary N) is 1. The third kappa shape index (κ3) is 8.26. The first kappa shape index (κ1) is 20.2. The Balaban J connectivity index is 0.00000400. The largest absolute Gasteiger partial charge is 0.489 e. The summed E-state index contributed by atoms with van der Waals surface area (Å²) in [4.78, 5) is 11.7. The number of benzene rings is 1. The second-order valence-electron chi connectivity index (χ2n) is 4.49. The average Bonchev–Trinajstić information content (AvgIpc) is 2.42. The Morgan fingerprint density at radius 3 is 2.76 bits per heavy atom. The molecular formula is C14H22BrClN2O3. The highest BCUT2D eigenvalue weighted by atomic mass is 79.9. The SMILES string of the molecule is COC(CN)CC(=O)NCC(C)Oc1cccc(Br)c1.Cl. The minimum atomic E-state index is -0.240. The molecule has 5 nitrogen and oxygen atoms in total. The van der Waals surface area contributed by atoms with Gasteiger partial charge in [0.05, 0.1) is 19.1 Å². The van der Waals surface area contributed by atoms with Crippen LogP contribution in [0.2, 0.25) is 0 Å². The third-order valence-corrected chi connectivity index (χ3v) is 3.22. The van der Waals surface area contributed by atoms with Crippen molar-refractivity contribution in [3.05, 3.63) is 28.7 Å². The monoisotopic (exact) mass is 380 g/mol. The van der Waals surface area contributed by atoms with Gasteiger partial charge in [-0.15, -0.1) is 12.4 Å². The van der Waals surface area contributed by atoms with Gasteiger partial charge in [0, 0.05) is 18.1 Å². The molecule has 0 aliphatic heterocycles. The molecule has 0 radical (unpaired) electrons. The Morgan fingerprint density at radius 1 is 1.48 bits per heavy atom. The smallest absolute Gasteiger partial charge is 0.222 e. The normalized spacial score (nSPS) is 13.0. The molecule has 0 spiro atoms. The zero-order chi connectivity index (χ0) is 15.0. The number of carbonyl (C=O) groups excluding carboxylic acids is 1. The molecule has 2 unspecified atom stereocenters. The van der Waals surface area contributed by atoms with Crippen LogP contribution in [0.3, 0.4) is 0 Å². The van der Waals surface area contributed by atoms with Crippen LogP contribution in [0.15, 0.2) is 28.7 Å². The van der Waals surface area contributed by atoms with Crippen molar-refractivity contribution >= 4 is 34.2 Å². The van der Waals surface area contributed by atoms with Crippen LogP contribution in [-0.2, 0) is 9.53 Å². The molecule has 1 aromatic carbocycles. The molecule has 0 saturated carbocycles. The van der Waals surface area contributed by atoms with Crippen LogP contribution >= 0.6 is 28.3 Å². The fraction of sp³-hybridized carbons (Fsp3) is 0.500. The molecule has 7 heteroatoms. The number of ether oxygens (including phenoxy) is 2. The zero-order valence-electron chi connectivity index (χ0n) is 12.2. The number of rotatable bonds is 8. The Kier molecular flexibility index (Phi) is 10.4. The van der Waals surface area contributed by atoms with Gasteiger partial charge in [0.25, 0.3) is 0 Å². The van der Waals surface area contributed by atoms with Crippen LogP contribution in [0, 0.1) is 0 Å². The first-order chi connectivity index (χ1) is 9.55. The molecule has 0 bridgehead atoms. The summed E-state index contributed by atoms with van der Waals surface area (Å²) in [6, 6.07) is 7.58. The summed E-state index contributed by atoms with van der Waals surface area (Å²) in [5.74, 6) is 0.671. The highest BCUT2D eigenvalue weighted by Gasteiger charge is 2.12. The van der Waals surface area contributed by atoms with E-state index in [4.69, 9.17) is 15.2 Å². The van der Waals surface area contributed by atoms with Gasteiger partial charge in [-0.3, -0.25) is 4.79 Å². The molecule has 1 amide bonds. The number of carbonyl (C=O) groups is 1. The van der Waals surface area contributed by atoms with Gasteiger partial charge in [0.1, 0.15) is 11.9 Å². The lowest BCUT2D eigenvalue weighted by molar-refractivity contribution is -0.123. The minimum absolute atomic E-state index is 0. The van der Waals surface area contributed by atoms with Crippen LogP contribution in [-0.4, -0.2) is 38.3 Å². The van der Waals surface area contributed by atoms with E-state index in [1.54, 1.807) is 7.11 Å². The van der Waals surface area contributed by atoms with Crippen molar-refractivity contribution in [3.8, 4) is 5.75 Å². The predicted molar refractivity (Wildman–Crippen MR) is 89.0 cm³/mol. The number of hydrogen-bond acceptors (Lipinski definition) is 4. The predicted octanol–water partition coefficient (Wildman–Crippen LogP) is 2.12. The van der Waals surface area contributed by atoms with Gasteiger partial charge in [-0.1, -0.05) is 22.0 Å². The Morgan fingerprint density at radius 2 is 2.19 bits per heavy atom. The van der Waals surface area contributed by atoms with Gasteiger partial charge in [0.15, 0.2) is 0 Å². The second-order valence-corrected chi connectivity index (χ2v) is 5.40. The van der Waals surface area contributed by atoms with E-state index in [0.717, 1.165) is 10.2 Å². The van der Waals surface area contributed by atoms with Gasteiger partial charge in [0.2, 0.25) is 5.91 Å². The van der Waals surface area contributed by atoms with Crippen LogP contribution in [0.4, 0.5) is 0 Å². The molecule has 120 valence electrons. The minimum Gasteiger partial charge on any atom is -0.489 e. The molecule has 1 rings (SSSR count). The van der Waals surface area contributed by atoms with Gasteiger partial charge in [-0.25, -0.2) is 0 Å². The number of amides is 1. The first-order valence-corrected chi connectivity index (χ1v) is 7.26. The molecule has 0 aliphatic rings. The lowest BCUT2D eigenvalue weighted by Crippen LogP contribution is -2.37. The Labute approximate surface area is 140 Å². The topological polar surface area (TPSA) is 73.6 Å². The van der Waals surface area contributed by atoms with E-state index in [0.29, 0.717) is 13.1 Å². The van der Waals surface area contributed by atoms with Crippen molar-refractivity contribution in [2.24, 2.45) is 5.73 Å². The molecule has 3 N–H and O–H groups in total. The van der Waals surface area contributed by atoms with Crippen LogP contribution in [0.5, 0.6) is 5.75 Å². The van der Waals surface area contributed by atoms with E-state index in [9.17, 15) is 4.79 Å². The highest BCUT2D eigenvalue weighted by Crippen LogP contribution is 2.18. The Hall–Kier alpha value is -0.820. The van der Waals surface area contributed by atoms with Gasteiger partial charge >= 0.3 is 0 Å². The second kappa shape index (κ2) is 10.8. The fourth-order valence-corrected chi connectivity index (χ4v) is 1.99. The van der Waals surface area contributed by atoms with Crippen LogP contribution in [0.1, 0.15) is 13.3 Å². The summed E-state index contributed by atoms with van der Waals surface area (Å²) in [7, 11) is 1.55. The van der Waals surface area contributed by atoms with Gasteiger partial charge in [-0.2, -0.15) is 0 Å². The van der Waals surface area contributed by atoms with E-state index in [2.05, 4.69) is 21.2 Å². The molecule has 0 heterocycles. The molecule has 0 aromatic heterocycles. The van der Waals surface area contributed by atoms with E-state index in [1.807, 2.05) is 31.2 Å². The van der Waals surface area contributed by atoms with E-state index >= 15 is 0 Å². The summed E-state index contributed by atoms with van der Waals surface area (Å²) in [5.41, 5.74) is 5.47. The average molecular weight is 382 g/mol. The van der Waals surface area contributed by atoms with Gasteiger partial charge in [-0.05, 0) is 25.1 Å². The summed E-state index contributed by atoms with van der Waals surface area (Å²) < 4.78 is 11.7. The molecule has 2 atom stereocenters. The highest BCUT2D eigenvalue weighted by molar-refractivity contribution is 9.10. The summed E-state index contributed by atoms with van der Waals surface area (Å²) in [5, 5.41) is 2.81. The number of hydrogen-bond donors (Lipinski definition) is 2. The van der Waals surface area contributed by atoms with Crippen molar-refractivity contribution in [1.82, 2.24) is 5.32 Å². The Bertz CT molecular complexity index is 430. The number of methoxy groups -OCH3 is 1. The quantitative estimate of drug-likeness (QED) is 0.723. The molecule has 0 aliphatic carbocycles. The third-order valence-electron chi connectivity index (χ3n) is 2.73. The van der Waals surface area contributed by atoms with E-state index in [1.165, 1.54) is 0 Å². The zero-order valence-corrected chi connectivity index (χ0v) is 14.6. The first-order valence-electron chi connectivity index (χ1n) is 6.47. The van der Waals surface area contributed by atoms with Crippen LogP contribution in [0.25, 0.3) is 0 Å². The standard InChI is InChI=1S/C14H21BrN2O3.ClH/c1-10(20-12-5-3-4-11(15)6-12)9-17-14(18)7-13(8-16)19-2;/h3-6,10,13H,7-9,16H2,1-2H3,(H,17,18);1H. The summed E-state index contributed by atoms with van der Waals surface area (Å²) in [6.07, 6.45) is -0.0974. The van der Waals surface area contributed by atoms with E-state index in [-0.39, 0.29) is 36.9 Å². The number of halogens is 2.